The van der Waals surface area contributed by atoms with Crippen molar-refractivity contribution in [3.05, 3.63) is 12.7 Å². The summed E-state index contributed by atoms with van der Waals surface area (Å²) in [6, 6.07) is 0. The van der Waals surface area contributed by atoms with Gasteiger partial charge in [0.05, 0.1) is 6.17 Å². The van der Waals surface area contributed by atoms with E-state index in [1.54, 1.807) is 0 Å². The molecule has 0 aromatic heterocycles. The lowest BCUT2D eigenvalue weighted by Crippen LogP contribution is -2.29. The summed E-state index contributed by atoms with van der Waals surface area (Å²) in [5.41, 5.74) is 10.4. The first kappa shape index (κ1) is 6.66. The maximum absolute atomic E-state index is 5.21. The van der Waals surface area contributed by atoms with Gasteiger partial charge in [0.1, 0.15) is 0 Å². The van der Waals surface area contributed by atoms with Crippen LogP contribution in [0.2, 0.25) is 0 Å². The molecule has 0 aliphatic carbocycles. The van der Waals surface area contributed by atoms with E-state index in [4.69, 9.17) is 11.5 Å². The number of hydrogen-bond acceptors (Lipinski definition) is 2. The quantitative estimate of drug-likeness (QED) is 0.393. The number of nitrogens with two attached hydrogens (primary N) is 2. The molecule has 2 heteroatoms. The molecule has 0 spiro atoms. The van der Waals surface area contributed by atoms with Crippen molar-refractivity contribution < 1.29 is 0 Å². The molecule has 0 saturated heterocycles. The minimum absolute atomic E-state index is 0.169. The predicted octanol–water partition coefficient (Wildman–Crippen LogP) is 0.196. The molecule has 42 valence electrons. The summed E-state index contributed by atoms with van der Waals surface area (Å²) in [5, 5.41) is 0. The highest BCUT2D eigenvalue weighted by molar-refractivity contribution is 4.67. The average Bonchev–Trinajstić information content (AvgIpc) is 1.61. The van der Waals surface area contributed by atoms with Gasteiger partial charge in [-0.2, -0.15) is 0 Å². The van der Waals surface area contributed by atoms with Crippen molar-refractivity contribution in [2.45, 2.75) is 19.0 Å². The van der Waals surface area contributed by atoms with Crippen molar-refractivity contribution in [2.75, 3.05) is 0 Å². The average molecular weight is 100 g/mol. The van der Waals surface area contributed by atoms with Crippen LogP contribution in [-0.4, -0.2) is 6.17 Å². The molecule has 0 radical (unpaired) electrons. The molecule has 0 aromatic rings. The molecule has 7 heavy (non-hydrogen) atoms. The van der Waals surface area contributed by atoms with Gasteiger partial charge in [0.2, 0.25) is 0 Å². The maximum atomic E-state index is 5.21. The Hall–Kier alpha value is -0.340. The summed E-state index contributed by atoms with van der Waals surface area (Å²) >= 11 is 0. The van der Waals surface area contributed by atoms with Crippen LogP contribution in [0.25, 0.3) is 0 Å². The lowest BCUT2D eigenvalue weighted by atomic mass is 10.3. The molecular weight excluding hydrogens is 88.1 g/mol. The SMILES string of the molecule is C=CCCC(N)N. The van der Waals surface area contributed by atoms with Crippen LogP contribution in [0, 0.1) is 0 Å². The van der Waals surface area contributed by atoms with Crippen molar-refractivity contribution in [1.29, 1.82) is 0 Å². The second-order valence-corrected chi connectivity index (χ2v) is 1.53. The first-order valence-corrected chi connectivity index (χ1v) is 2.39. The Bertz CT molecular complexity index is 50.0. The first-order chi connectivity index (χ1) is 3.27. The van der Waals surface area contributed by atoms with Crippen molar-refractivity contribution in [3.63, 3.8) is 0 Å². The van der Waals surface area contributed by atoms with Gasteiger partial charge < -0.3 is 11.5 Å². The van der Waals surface area contributed by atoms with Gasteiger partial charge in [-0.25, -0.2) is 0 Å². The van der Waals surface area contributed by atoms with Crippen molar-refractivity contribution in [2.24, 2.45) is 11.5 Å². The highest BCUT2D eigenvalue weighted by Gasteiger charge is 1.87. The van der Waals surface area contributed by atoms with Gasteiger partial charge in [0, 0.05) is 0 Å². The van der Waals surface area contributed by atoms with E-state index in [9.17, 15) is 0 Å². The molecule has 2 nitrogen and oxygen atoms in total. The fraction of sp³-hybridized carbons (Fsp3) is 0.600. The van der Waals surface area contributed by atoms with E-state index in [-0.39, 0.29) is 6.17 Å². The Labute approximate surface area is 44.2 Å². The van der Waals surface area contributed by atoms with E-state index >= 15 is 0 Å². The van der Waals surface area contributed by atoms with Crippen LogP contribution in [0.5, 0.6) is 0 Å². The van der Waals surface area contributed by atoms with Crippen molar-refractivity contribution in [1.82, 2.24) is 0 Å². The molecule has 0 saturated carbocycles. The maximum Gasteiger partial charge on any atom is 0.0523 e. The number of allylic oxidation sites excluding steroid dienone is 1. The zero-order valence-corrected chi connectivity index (χ0v) is 4.43. The van der Waals surface area contributed by atoms with E-state index in [1.165, 1.54) is 0 Å². The zero-order chi connectivity index (χ0) is 5.70. The van der Waals surface area contributed by atoms with Gasteiger partial charge in [0.25, 0.3) is 0 Å². The smallest absolute Gasteiger partial charge is 0.0523 e. The Morgan fingerprint density at radius 1 is 1.57 bits per heavy atom. The third kappa shape index (κ3) is 5.66. The lowest BCUT2D eigenvalue weighted by molar-refractivity contribution is 0.648. The molecule has 0 rings (SSSR count). The van der Waals surface area contributed by atoms with E-state index in [0.717, 1.165) is 12.8 Å². The van der Waals surface area contributed by atoms with Gasteiger partial charge in [0.15, 0.2) is 0 Å². The lowest BCUT2D eigenvalue weighted by Gasteiger charge is -1.98. The first-order valence-electron chi connectivity index (χ1n) is 2.39. The summed E-state index contributed by atoms with van der Waals surface area (Å²) < 4.78 is 0. The van der Waals surface area contributed by atoms with Crippen LogP contribution in [0.15, 0.2) is 12.7 Å². The molecule has 0 atom stereocenters. The monoisotopic (exact) mass is 100 g/mol. The zero-order valence-electron chi connectivity index (χ0n) is 4.43. The van der Waals surface area contributed by atoms with Crippen molar-refractivity contribution in [3.8, 4) is 0 Å². The highest BCUT2D eigenvalue weighted by Crippen LogP contribution is 1.86. The normalized spacial score (nSPS) is 9.57. The Kier molecular flexibility index (Phi) is 3.65. The molecule has 4 N–H and O–H groups in total. The molecule has 0 amide bonds. The van der Waals surface area contributed by atoms with Gasteiger partial charge in [-0.15, -0.1) is 6.58 Å². The van der Waals surface area contributed by atoms with Gasteiger partial charge in [-0.3, -0.25) is 0 Å². The van der Waals surface area contributed by atoms with Gasteiger partial charge in [-0.05, 0) is 12.8 Å². The predicted molar refractivity (Wildman–Crippen MR) is 31.6 cm³/mol. The summed E-state index contributed by atoms with van der Waals surface area (Å²) in [4.78, 5) is 0. The van der Waals surface area contributed by atoms with Crippen LogP contribution < -0.4 is 11.5 Å². The van der Waals surface area contributed by atoms with Gasteiger partial charge in [-0.1, -0.05) is 6.08 Å². The van der Waals surface area contributed by atoms with Crippen LogP contribution >= 0.6 is 0 Å². The Morgan fingerprint density at radius 2 is 2.14 bits per heavy atom. The molecule has 0 aromatic carbocycles. The molecule has 0 bridgehead atoms. The fourth-order valence-electron chi connectivity index (χ4n) is 0.310. The molecule has 0 aliphatic heterocycles. The third-order valence-electron chi connectivity index (χ3n) is 0.704. The molecule has 0 fully saturated rings. The van der Waals surface area contributed by atoms with E-state index in [2.05, 4.69) is 6.58 Å². The largest absolute Gasteiger partial charge is 0.316 e. The van der Waals surface area contributed by atoms with Crippen LogP contribution in [-0.2, 0) is 0 Å². The third-order valence-corrected chi connectivity index (χ3v) is 0.704. The van der Waals surface area contributed by atoms with Gasteiger partial charge >= 0.3 is 0 Å². The fourth-order valence-corrected chi connectivity index (χ4v) is 0.310. The number of rotatable bonds is 3. The second-order valence-electron chi connectivity index (χ2n) is 1.53. The summed E-state index contributed by atoms with van der Waals surface area (Å²) in [7, 11) is 0. The minimum Gasteiger partial charge on any atom is -0.316 e. The van der Waals surface area contributed by atoms with Crippen LogP contribution in [0.4, 0.5) is 0 Å². The Balaban J connectivity index is 2.81. The number of hydrogen-bond donors (Lipinski definition) is 2. The molecule has 0 unspecified atom stereocenters. The second kappa shape index (κ2) is 3.84. The standard InChI is InChI=1S/C5H12N2/c1-2-3-4-5(6)7/h2,5H,1,3-4,6-7H2. The van der Waals surface area contributed by atoms with E-state index < -0.39 is 0 Å². The minimum atomic E-state index is -0.169. The van der Waals surface area contributed by atoms with E-state index in [1.807, 2.05) is 6.08 Å². The summed E-state index contributed by atoms with van der Waals surface area (Å²) in [6.45, 7) is 3.52. The van der Waals surface area contributed by atoms with Crippen molar-refractivity contribution >= 4 is 0 Å². The van der Waals surface area contributed by atoms with E-state index in [0.29, 0.717) is 0 Å². The topological polar surface area (TPSA) is 52.0 Å². The molecular formula is C5H12N2. The van der Waals surface area contributed by atoms with Crippen LogP contribution in [0.1, 0.15) is 12.8 Å². The summed E-state index contributed by atoms with van der Waals surface area (Å²) in [5.74, 6) is 0. The Morgan fingerprint density at radius 3 is 2.29 bits per heavy atom. The summed E-state index contributed by atoms with van der Waals surface area (Å²) in [6.07, 6.45) is 3.39. The molecule has 0 aliphatic rings. The van der Waals surface area contributed by atoms with Crippen LogP contribution in [0.3, 0.4) is 0 Å². The highest BCUT2D eigenvalue weighted by atomic mass is 14.8. The molecule has 0 heterocycles.